The van der Waals surface area contributed by atoms with Crippen LogP contribution in [0.5, 0.6) is 11.5 Å². The maximum absolute atomic E-state index is 13.4. The van der Waals surface area contributed by atoms with Crippen LogP contribution < -0.4 is 14.8 Å². The van der Waals surface area contributed by atoms with Crippen molar-refractivity contribution in [1.82, 2.24) is 0 Å². The number of carbonyl (C=O) groups excluding carboxylic acids is 1. The molecule has 6 rings (SSSR count). The van der Waals surface area contributed by atoms with Gasteiger partial charge in [-0.1, -0.05) is 25.4 Å². The number of amides is 1. The van der Waals surface area contributed by atoms with Crippen molar-refractivity contribution >= 4 is 23.2 Å². The lowest BCUT2D eigenvalue weighted by Gasteiger charge is -2.67. The van der Waals surface area contributed by atoms with Crippen LogP contribution in [0.4, 0.5) is 5.69 Å². The molecule has 1 aromatic rings. The third-order valence-electron chi connectivity index (χ3n) is 6.73. The molecule has 0 saturated heterocycles. The molecule has 4 saturated carbocycles. The minimum Gasteiger partial charge on any atom is -0.453 e. The molecule has 5 aliphatic rings. The summed E-state index contributed by atoms with van der Waals surface area (Å²) in [7, 11) is 0. The van der Waals surface area contributed by atoms with E-state index in [0.29, 0.717) is 28.6 Å². The fraction of sp³-hybridized carbons (Fsp3) is 0.650. The van der Waals surface area contributed by atoms with Crippen LogP contribution >= 0.6 is 11.6 Å². The first-order valence-corrected chi connectivity index (χ1v) is 9.63. The smallest absolute Gasteiger partial charge is 0.231 e. The highest BCUT2D eigenvalue weighted by Crippen LogP contribution is 2.70. The molecule has 140 valence electrons. The standard InChI is InChI=1S/C20H24ClNO4/c1-17-5-18(2)7-19(6-17,10-20(24,8-17)9-18)16(23)22-12-3-13(21)15-14(4-12)25-11-26-15/h3-4,24H,5-11H2,1-2H3,(H,22,23). The number of hydrogen-bond donors (Lipinski definition) is 2. The predicted molar refractivity (Wildman–Crippen MR) is 97.5 cm³/mol. The largest absolute Gasteiger partial charge is 0.453 e. The first-order valence-electron chi connectivity index (χ1n) is 9.25. The van der Waals surface area contributed by atoms with E-state index in [-0.39, 0.29) is 23.5 Å². The molecule has 1 aliphatic heterocycles. The number of hydrogen-bond acceptors (Lipinski definition) is 4. The lowest BCUT2D eigenvalue weighted by atomic mass is 9.39. The van der Waals surface area contributed by atoms with Crippen LogP contribution in [0, 0.1) is 16.2 Å². The van der Waals surface area contributed by atoms with Crippen molar-refractivity contribution < 1.29 is 19.4 Å². The van der Waals surface area contributed by atoms with Gasteiger partial charge in [-0.25, -0.2) is 0 Å². The first-order chi connectivity index (χ1) is 12.1. The van der Waals surface area contributed by atoms with Gasteiger partial charge in [-0.05, 0) is 55.4 Å². The summed E-state index contributed by atoms with van der Waals surface area (Å²) in [5, 5.41) is 14.6. The molecule has 5 nitrogen and oxygen atoms in total. The average molecular weight is 378 g/mol. The lowest BCUT2D eigenvalue weighted by Crippen LogP contribution is -2.65. The molecule has 4 aliphatic carbocycles. The van der Waals surface area contributed by atoms with Gasteiger partial charge in [0.25, 0.3) is 0 Å². The van der Waals surface area contributed by atoms with Crippen molar-refractivity contribution in [2.45, 2.75) is 58.0 Å². The fourth-order valence-electron chi connectivity index (χ4n) is 7.18. The number of rotatable bonds is 2. The maximum Gasteiger partial charge on any atom is 0.231 e. The van der Waals surface area contributed by atoms with E-state index in [2.05, 4.69) is 19.2 Å². The van der Waals surface area contributed by atoms with E-state index < -0.39 is 11.0 Å². The molecule has 2 unspecified atom stereocenters. The van der Waals surface area contributed by atoms with Crippen LogP contribution in [-0.4, -0.2) is 23.4 Å². The van der Waals surface area contributed by atoms with Crippen molar-refractivity contribution in [3.8, 4) is 11.5 Å². The van der Waals surface area contributed by atoms with Crippen LogP contribution in [-0.2, 0) is 4.79 Å². The summed E-state index contributed by atoms with van der Waals surface area (Å²) in [6.07, 6.45) is 4.92. The van der Waals surface area contributed by atoms with Crippen LogP contribution in [0.15, 0.2) is 12.1 Å². The number of nitrogens with one attached hydrogen (secondary N) is 1. The summed E-state index contributed by atoms with van der Waals surface area (Å²) in [5.74, 6) is 1.06. The summed E-state index contributed by atoms with van der Waals surface area (Å²) in [4.78, 5) is 13.4. The SMILES string of the molecule is CC12CC3(C)CC(O)(C1)CC(C(=O)Nc1cc(Cl)c4c(c1)OCO4)(C2)C3. The van der Waals surface area contributed by atoms with Crippen LogP contribution in [0.1, 0.15) is 52.4 Å². The molecule has 0 aromatic heterocycles. The van der Waals surface area contributed by atoms with Crippen molar-refractivity contribution in [2.24, 2.45) is 16.2 Å². The summed E-state index contributed by atoms with van der Waals surface area (Å²) < 4.78 is 10.7. The number of aliphatic hydroxyl groups is 1. The van der Waals surface area contributed by atoms with Gasteiger partial charge in [0, 0.05) is 11.8 Å². The lowest BCUT2D eigenvalue weighted by molar-refractivity contribution is -0.221. The Bertz CT molecular complexity index is 769. The van der Waals surface area contributed by atoms with Crippen molar-refractivity contribution in [1.29, 1.82) is 0 Å². The topological polar surface area (TPSA) is 67.8 Å². The van der Waals surface area contributed by atoms with E-state index in [9.17, 15) is 9.90 Å². The molecule has 1 amide bonds. The Kier molecular flexibility index (Phi) is 3.13. The number of benzene rings is 1. The van der Waals surface area contributed by atoms with Crippen molar-refractivity contribution in [3.63, 3.8) is 0 Å². The highest BCUT2D eigenvalue weighted by Gasteiger charge is 2.67. The van der Waals surface area contributed by atoms with Crippen LogP contribution in [0.3, 0.4) is 0 Å². The highest BCUT2D eigenvalue weighted by atomic mass is 35.5. The average Bonchev–Trinajstić information content (AvgIpc) is 2.90. The number of carbonyl (C=O) groups is 1. The van der Waals surface area contributed by atoms with E-state index in [4.69, 9.17) is 21.1 Å². The molecular formula is C20H24ClNO4. The summed E-state index contributed by atoms with van der Waals surface area (Å²) in [6, 6.07) is 3.45. The van der Waals surface area contributed by atoms with Crippen LogP contribution in [0.2, 0.25) is 5.02 Å². The van der Waals surface area contributed by atoms with Gasteiger partial charge in [-0.3, -0.25) is 4.79 Å². The fourth-order valence-corrected chi connectivity index (χ4v) is 7.44. The molecule has 2 atom stereocenters. The first kappa shape index (κ1) is 16.7. The summed E-state index contributed by atoms with van der Waals surface area (Å²) >= 11 is 6.25. The van der Waals surface area contributed by atoms with Gasteiger partial charge >= 0.3 is 0 Å². The summed E-state index contributed by atoms with van der Waals surface area (Å²) in [6.45, 7) is 4.60. The molecule has 0 spiro atoms. The van der Waals surface area contributed by atoms with Gasteiger partial charge in [-0.15, -0.1) is 0 Å². The zero-order valence-corrected chi connectivity index (χ0v) is 15.9. The van der Waals surface area contributed by atoms with E-state index in [1.165, 1.54) is 0 Å². The van der Waals surface area contributed by atoms with E-state index in [0.717, 1.165) is 32.1 Å². The molecule has 1 heterocycles. The second kappa shape index (κ2) is 4.87. The van der Waals surface area contributed by atoms with Crippen LogP contribution in [0.25, 0.3) is 0 Å². The van der Waals surface area contributed by atoms with E-state index in [1.54, 1.807) is 12.1 Å². The van der Waals surface area contributed by atoms with Gasteiger partial charge < -0.3 is 19.9 Å². The van der Waals surface area contributed by atoms with Gasteiger partial charge in [-0.2, -0.15) is 0 Å². The monoisotopic (exact) mass is 377 g/mol. The quantitative estimate of drug-likeness (QED) is 0.813. The third-order valence-corrected chi connectivity index (χ3v) is 7.01. The Morgan fingerprint density at radius 2 is 1.77 bits per heavy atom. The Hall–Kier alpha value is -1.46. The molecular weight excluding hydrogens is 354 g/mol. The summed E-state index contributed by atoms with van der Waals surface area (Å²) in [5.41, 5.74) is -0.565. The number of anilines is 1. The molecule has 4 bridgehead atoms. The third kappa shape index (κ3) is 2.36. The van der Waals surface area contributed by atoms with Gasteiger partial charge in [0.2, 0.25) is 12.7 Å². The molecule has 6 heteroatoms. The zero-order chi connectivity index (χ0) is 18.4. The molecule has 1 aromatic carbocycles. The Labute approximate surface area is 158 Å². The Morgan fingerprint density at radius 3 is 2.42 bits per heavy atom. The minimum atomic E-state index is -0.720. The number of fused-ring (bicyclic) bond motifs is 1. The Balaban J connectivity index is 1.47. The highest BCUT2D eigenvalue weighted by molar-refractivity contribution is 6.32. The number of halogens is 1. The molecule has 4 fully saturated rings. The van der Waals surface area contributed by atoms with Gasteiger partial charge in [0.1, 0.15) is 0 Å². The molecule has 0 radical (unpaired) electrons. The second-order valence-corrected chi connectivity index (χ2v) is 10.2. The van der Waals surface area contributed by atoms with Gasteiger partial charge in [0.15, 0.2) is 11.5 Å². The molecule has 2 N–H and O–H groups in total. The number of ether oxygens (including phenoxy) is 2. The second-order valence-electron chi connectivity index (χ2n) is 9.83. The van der Waals surface area contributed by atoms with Gasteiger partial charge in [0.05, 0.1) is 16.0 Å². The van der Waals surface area contributed by atoms with E-state index >= 15 is 0 Å². The molecule has 26 heavy (non-hydrogen) atoms. The van der Waals surface area contributed by atoms with Crippen molar-refractivity contribution in [3.05, 3.63) is 17.2 Å². The van der Waals surface area contributed by atoms with Crippen molar-refractivity contribution in [2.75, 3.05) is 12.1 Å². The Morgan fingerprint density at radius 1 is 1.08 bits per heavy atom. The maximum atomic E-state index is 13.4. The van der Waals surface area contributed by atoms with E-state index in [1.807, 2.05) is 0 Å². The zero-order valence-electron chi connectivity index (χ0n) is 15.2. The predicted octanol–water partition coefficient (Wildman–Crippen LogP) is 4.12. The minimum absolute atomic E-state index is 0.0117. The normalized spacial score (nSPS) is 42.2.